The van der Waals surface area contributed by atoms with Gasteiger partial charge in [-0.1, -0.05) is 48.5 Å². The van der Waals surface area contributed by atoms with Gasteiger partial charge in [-0.3, -0.25) is 9.69 Å². The number of carbonyl (C=O) groups is 1. The molecule has 1 saturated heterocycles. The van der Waals surface area contributed by atoms with Gasteiger partial charge in [0.15, 0.2) is 5.17 Å². The minimum atomic E-state index is -0.0690. The molecular formula is C26H24N2O2S. The number of nitrogens with zero attached hydrogens (tertiary/aromatic N) is 2. The molecule has 1 aliphatic rings. The molecule has 0 aliphatic carbocycles. The number of amidine groups is 1. The van der Waals surface area contributed by atoms with Crippen LogP contribution in [0.3, 0.4) is 0 Å². The van der Waals surface area contributed by atoms with Crippen molar-refractivity contribution in [3.8, 4) is 5.75 Å². The summed E-state index contributed by atoms with van der Waals surface area (Å²) in [5, 5.41) is 0.658. The predicted molar refractivity (Wildman–Crippen MR) is 130 cm³/mol. The van der Waals surface area contributed by atoms with Crippen LogP contribution in [0.25, 0.3) is 6.08 Å². The van der Waals surface area contributed by atoms with E-state index < -0.39 is 0 Å². The molecule has 0 radical (unpaired) electrons. The number of amides is 1. The van der Waals surface area contributed by atoms with Gasteiger partial charge in [0.2, 0.25) is 0 Å². The van der Waals surface area contributed by atoms with Crippen molar-refractivity contribution in [1.29, 1.82) is 0 Å². The zero-order valence-electron chi connectivity index (χ0n) is 17.8. The normalized spacial score (nSPS) is 16.4. The first-order valence-electron chi connectivity index (χ1n) is 10.2. The standard InChI is InChI=1S/C26H24N2O2S/c1-4-30-21-15-13-20(14-16-21)17-24-25(29)28(23-12-8-6-10-19(23)3)26(31-24)27-22-11-7-5-9-18(22)2/h5-17H,4H2,1-3H3/b24-17+,27-26?. The topological polar surface area (TPSA) is 41.9 Å². The van der Waals surface area contributed by atoms with E-state index in [1.165, 1.54) is 11.8 Å². The van der Waals surface area contributed by atoms with Crippen molar-refractivity contribution in [3.63, 3.8) is 0 Å². The Morgan fingerprint density at radius 2 is 1.61 bits per heavy atom. The lowest BCUT2D eigenvalue weighted by atomic mass is 10.1. The first-order chi connectivity index (χ1) is 15.1. The Labute approximate surface area is 187 Å². The number of thioether (sulfide) groups is 1. The lowest BCUT2D eigenvalue weighted by Gasteiger charge is -2.18. The smallest absolute Gasteiger partial charge is 0.271 e. The summed E-state index contributed by atoms with van der Waals surface area (Å²) in [6, 6.07) is 23.6. The second-order valence-corrected chi connectivity index (χ2v) is 8.23. The maximum absolute atomic E-state index is 13.4. The molecule has 0 saturated carbocycles. The quantitative estimate of drug-likeness (QED) is 0.435. The number of benzene rings is 3. The van der Waals surface area contributed by atoms with E-state index >= 15 is 0 Å². The van der Waals surface area contributed by atoms with Gasteiger partial charge >= 0.3 is 0 Å². The number of aliphatic imine (C=N–C) groups is 1. The van der Waals surface area contributed by atoms with Gasteiger partial charge in [0.05, 0.1) is 22.9 Å². The molecule has 0 unspecified atom stereocenters. The van der Waals surface area contributed by atoms with Crippen LogP contribution in [0, 0.1) is 13.8 Å². The molecule has 3 aromatic carbocycles. The molecule has 4 nitrogen and oxygen atoms in total. The lowest BCUT2D eigenvalue weighted by molar-refractivity contribution is -0.113. The number of hydrogen-bond donors (Lipinski definition) is 0. The average Bonchev–Trinajstić information content (AvgIpc) is 3.06. The van der Waals surface area contributed by atoms with Crippen LogP contribution >= 0.6 is 11.8 Å². The second kappa shape index (κ2) is 9.23. The van der Waals surface area contributed by atoms with Crippen molar-refractivity contribution >= 4 is 40.3 Å². The average molecular weight is 429 g/mol. The first-order valence-corrected chi connectivity index (χ1v) is 11.1. The van der Waals surface area contributed by atoms with Gasteiger partial charge in [-0.05, 0) is 79.6 Å². The van der Waals surface area contributed by atoms with Crippen molar-refractivity contribution < 1.29 is 9.53 Å². The SMILES string of the molecule is CCOc1ccc(/C=C2/SC(=Nc3ccccc3C)N(c3ccccc3C)C2=O)cc1. The van der Waals surface area contributed by atoms with Gasteiger partial charge in [0.1, 0.15) is 5.75 Å². The molecule has 1 heterocycles. The van der Waals surface area contributed by atoms with Gasteiger partial charge in [-0.25, -0.2) is 4.99 Å². The largest absolute Gasteiger partial charge is 0.494 e. The van der Waals surface area contributed by atoms with E-state index in [9.17, 15) is 4.79 Å². The Morgan fingerprint density at radius 3 is 2.29 bits per heavy atom. The van der Waals surface area contributed by atoms with Gasteiger partial charge in [0, 0.05) is 0 Å². The molecule has 1 amide bonds. The Balaban J connectivity index is 1.75. The highest BCUT2D eigenvalue weighted by atomic mass is 32.2. The summed E-state index contributed by atoms with van der Waals surface area (Å²) in [6.07, 6.45) is 1.91. The van der Waals surface area contributed by atoms with Gasteiger partial charge in [0.25, 0.3) is 5.91 Å². The van der Waals surface area contributed by atoms with E-state index in [0.29, 0.717) is 16.7 Å². The van der Waals surface area contributed by atoms with E-state index in [2.05, 4.69) is 0 Å². The first kappa shape index (κ1) is 20.9. The Kier molecular flexibility index (Phi) is 6.23. The third-order valence-electron chi connectivity index (χ3n) is 4.98. The molecule has 0 spiro atoms. The Morgan fingerprint density at radius 1 is 0.935 bits per heavy atom. The van der Waals surface area contributed by atoms with Gasteiger partial charge < -0.3 is 4.74 Å². The number of hydrogen-bond acceptors (Lipinski definition) is 4. The number of carbonyl (C=O) groups excluding carboxylic acids is 1. The van der Waals surface area contributed by atoms with Crippen molar-refractivity contribution in [2.45, 2.75) is 20.8 Å². The highest BCUT2D eigenvalue weighted by Crippen LogP contribution is 2.38. The molecule has 1 aliphatic heterocycles. The van der Waals surface area contributed by atoms with Crippen molar-refractivity contribution in [1.82, 2.24) is 0 Å². The molecule has 3 aromatic rings. The monoisotopic (exact) mass is 428 g/mol. The van der Waals surface area contributed by atoms with E-state index in [4.69, 9.17) is 9.73 Å². The number of para-hydroxylation sites is 2. The molecule has 0 bridgehead atoms. The summed E-state index contributed by atoms with van der Waals surface area (Å²) in [6.45, 7) is 6.61. The number of rotatable bonds is 5. The zero-order chi connectivity index (χ0) is 21.8. The van der Waals surface area contributed by atoms with Crippen molar-refractivity contribution in [3.05, 3.63) is 94.4 Å². The minimum Gasteiger partial charge on any atom is -0.494 e. The fraction of sp³-hybridized carbons (Fsp3) is 0.154. The van der Waals surface area contributed by atoms with Crippen LogP contribution in [-0.2, 0) is 4.79 Å². The van der Waals surface area contributed by atoms with E-state index in [0.717, 1.165) is 33.8 Å². The van der Waals surface area contributed by atoms with E-state index in [1.54, 1.807) is 4.90 Å². The molecular weight excluding hydrogens is 404 g/mol. The third kappa shape index (κ3) is 4.57. The molecule has 0 N–H and O–H groups in total. The second-order valence-electron chi connectivity index (χ2n) is 7.22. The van der Waals surface area contributed by atoms with Crippen molar-refractivity contribution in [2.24, 2.45) is 4.99 Å². The van der Waals surface area contributed by atoms with Crippen LogP contribution in [0.4, 0.5) is 11.4 Å². The number of anilines is 1. The van der Waals surface area contributed by atoms with Crippen LogP contribution in [0.15, 0.2) is 82.7 Å². The number of aryl methyl sites for hydroxylation is 2. The Hall–Kier alpha value is -3.31. The highest BCUT2D eigenvalue weighted by molar-refractivity contribution is 8.19. The van der Waals surface area contributed by atoms with Crippen LogP contribution in [0.5, 0.6) is 5.75 Å². The molecule has 0 aromatic heterocycles. The molecule has 156 valence electrons. The van der Waals surface area contributed by atoms with Gasteiger partial charge in [-0.15, -0.1) is 0 Å². The molecule has 0 atom stereocenters. The molecule has 1 fully saturated rings. The maximum atomic E-state index is 13.4. The van der Waals surface area contributed by atoms with Crippen LogP contribution in [0.1, 0.15) is 23.6 Å². The number of ether oxygens (including phenoxy) is 1. The van der Waals surface area contributed by atoms with Crippen LogP contribution in [-0.4, -0.2) is 17.7 Å². The summed E-state index contributed by atoms with van der Waals surface area (Å²) in [5.74, 6) is 0.749. The summed E-state index contributed by atoms with van der Waals surface area (Å²) in [5.41, 5.74) is 4.75. The molecule has 31 heavy (non-hydrogen) atoms. The van der Waals surface area contributed by atoms with Gasteiger partial charge in [-0.2, -0.15) is 0 Å². The summed E-state index contributed by atoms with van der Waals surface area (Å²) in [4.78, 5) is 20.7. The summed E-state index contributed by atoms with van der Waals surface area (Å²) < 4.78 is 5.51. The fourth-order valence-corrected chi connectivity index (χ4v) is 4.33. The highest BCUT2D eigenvalue weighted by Gasteiger charge is 2.35. The molecule has 4 rings (SSSR count). The third-order valence-corrected chi connectivity index (χ3v) is 5.95. The van der Waals surface area contributed by atoms with Crippen LogP contribution < -0.4 is 9.64 Å². The minimum absolute atomic E-state index is 0.0690. The zero-order valence-corrected chi connectivity index (χ0v) is 18.6. The maximum Gasteiger partial charge on any atom is 0.271 e. The predicted octanol–water partition coefficient (Wildman–Crippen LogP) is 6.51. The van der Waals surface area contributed by atoms with E-state index in [-0.39, 0.29) is 5.91 Å². The summed E-state index contributed by atoms with van der Waals surface area (Å²) in [7, 11) is 0. The summed E-state index contributed by atoms with van der Waals surface area (Å²) >= 11 is 1.40. The fourth-order valence-electron chi connectivity index (χ4n) is 3.35. The van der Waals surface area contributed by atoms with Crippen LogP contribution in [0.2, 0.25) is 0 Å². The van der Waals surface area contributed by atoms with E-state index in [1.807, 2.05) is 99.6 Å². The molecule has 5 heteroatoms. The van der Waals surface area contributed by atoms with Crippen molar-refractivity contribution in [2.75, 3.05) is 11.5 Å². The Bertz CT molecular complexity index is 1170. The lowest BCUT2D eigenvalue weighted by Crippen LogP contribution is -2.29.